The molecule has 0 radical (unpaired) electrons. The lowest BCUT2D eigenvalue weighted by Crippen LogP contribution is -2.02. The molecule has 2 aromatic carbocycles. The predicted molar refractivity (Wildman–Crippen MR) is 85.2 cm³/mol. The van der Waals surface area contributed by atoms with Crippen LogP contribution in [0, 0.1) is 0 Å². The van der Waals surface area contributed by atoms with Crippen molar-refractivity contribution in [2.24, 2.45) is 0 Å². The number of nitrogens with zero attached hydrogens (tertiary/aromatic N) is 2. The molecule has 0 spiro atoms. The Hall–Kier alpha value is -3.21. The maximum absolute atomic E-state index is 11.1. The van der Waals surface area contributed by atoms with Gasteiger partial charge in [-0.3, -0.25) is 0 Å². The van der Waals surface area contributed by atoms with Gasteiger partial charge in [0.05, 0.1) is 5.69 Å². The molecule has 0 fully saturated rings. The Morgan fingerprint density at radius 2 is 1.74 bits per heavy atom. The molecule has 0 aliphatic heterocycles. The number of rotatable bonds is 5. The lowest BCUT2D eigenvalue weighted by molar-refractivity contribution is 0.0690. The Kier molecular flexibility index (Phi) is 4.29. The molecular weight excluding hydrogens is 292 g/mol. The molecule has 1 N–H and O–H groups in total. The van der Waals surface area contributed by atoms with E-state index in [1.165, 1.54) is 12.4 Å². The van der Waals surface area contributed by atoms with Gasteiger partial charge < -0.3 is 9.84 Å². The van der Waals surface area contributed by atoms with Crippen LogP contribution in [-0.4, -0.2) is 21.0 Å². The monoisotopic (exact) mass is 306 g/mol. The van der Waals surface area contributed by atoms with E-state index >= 15 is 0 Å². The molecule has 0 bridgehead atoms. The van der Waals surface area contributed by atoms with E-state index in [1.807, 2.05) is 54.6 Å². The molecule has 0 saturated carbocycles. The molecule has 0 unspecified atom stereocenters. The topological polar surface area (TPSA) is 72.3 Å². The number of carboxylic acids is 1. The number of aromatic nitrogens is 2. The molecule has 23 heavy (non-hydrogen) atoms. The first kappa shape index (κ1) is 14.7. The van der Waals surface area contributed by atoms with Gasteiger partial charge in [-0.15, -0.1) is 0 Å². The standard InChI is InChI=1S/C18H14N2O3/c21-18(22)16-10-15(19-12-20-16)14-8-4-5-9-17(14)23-11-13-6-2-1-3-7-13/h1-10,12H,11H2,(H,21,22). The van der Waals surface area contributed by atoms with Crippen LogP contribution in [0.1, 0.15) is 16.1 Å². The van der Waals surface area contributed by atoms with E-state index in [2.05, 4.69) is 9.97 Å². The molecular formula is C18H14N2O3. The highest BCUT2D eigenvalue weighted by molar-refractivity contribution is 5.86. The van der Waals surface area contributed by atoms with Crippen molar-refractivity contribution in [1.82, 2.24) is 9.97 Å². The predicted octanol–water partition coefficient (Wildman–Crippen LogP) is 3.42. The van der Waals surface area contributed by atoms with Gasteiger partial charge in [-0.2, -0.15) is 0 Å². The number of hydrogen-bond donors (Lipinski definition) is 1. The molecule has 5 heteroatoms. The third-order valence-electron chi connectivity index (χ3n) is 3.29. The summed E-state index contributed by atoms with van der Waals surface area (Å²) in [5.41, 5.74) is 2.25. The molecule has 3 aromatic rings. The van der Waals surface area contributed by atoms with Crippen molar-refractivity contribution in [2.75, 3.05) is 0 Å². The van der Waals surface area contributed by atoms with Crippen LogP contribution in [0.4, 0.5) is 0 Å². The third-order valence-corrected chi connectivity index (χ3v) is 3.29. The van der Waals surface area contributed by atoms with Crippen molar-refractivity contribution in [3.8, 4) is 17.0 Å². The van der Waals surface area contributed by atoms with Gasteiger partial charge in [0.2, 0.25) is 0 Å². The fourth-order valence-electron chi connectivity index (χ4n) is 2.16. The van der Waals surface area contributed by atoms with Gasteiger partial charge in [0, 0.05) is 5.56 Å². The van der Waals surface area contributed by atoms with Crippen LogP contribution in [-0.2, 0) is 6.61 Å². The summed E-state index contributed by atoms with van der Waals surface area (Å²) in [7, 11) is 0. The third kappa shape index (κ3) is 3.52. The maximum atomic E-state index is 11.1. The molecule has 114 valence electrons. The quantitative estimate of drug-likeness (QED) is 0.782. The molecule has 0 atom stereocenters. The summed E-state index contributed by atoms with van der Waals surface area (Å²) in [6, 6.07) is 18.7. The number of carbonyl (C=O) groups is 1. The average molecular weight is 306 g/mol. The van der Waals surface area contributed by atoms with Gasteiger partial charge in [-0.05, 0) is 23.8 Å². The normalized spacial score (nSPS) is 10.3. The Balaban J connectivity index is 1.89. The van der Waals surface area contributed by atoms with E-state index in [1.54, 1.807) is 0 Å². The number of aromatic carboxylic acids is 1. The molecule has 1 heterocycles. The number of benzene rings is 2. The van der Waals surface area contributed by atoms with Gasteiger partial charge in [-0.25, -0.2) is 14.8 Å². The summed E-state index contributed by atoms with van der Waals surface area (Å²) in [5.74, 6) is -0.442. The van der Waals surface area contributed by atoms with E-state index in [9.17, 15) is 4.79 Å². The largest absolute Gasteiger partial charge is 0.488 e. The van der Waals surface area contributed by atoms with Gasteiger partial charge >= 0.3 is 5.97 Å². The highest BCUT2D eigenvalue weighted by Gasteiger charge is 2.11. The zero-order valence-corrected chi connectivity index (χ0v) is 12.2. The molecule has 3 rings (SSSR count). The molecule has 0 saturated heterocycles. The Morgan fingerprint density at radius 3 is 2.52 bits per heavy atom. The zero-order valence-electron chi connectivity index (χ0n) is 12.2. The summed E-state index contributed by atoms with van der Waals surface area (Å²) in [6.07, 6.45) is 1.24. The summed E-state index contributed by atoms with van der Waals surface area (Å²) >= 11 is 0. The SMILES string of the molecule is O=C(O)c1cc(-c2ccccc2OCc2ccccc2)ncn1. The van der Waals surface area contributed by atoms with Gasteiger partial charge in [0.15, 0.2) is 5.69 Å². The van der Waals surface area contributed by atoms with E-state index in [4.69, 9.17) is 9.84 Å². The summed E-state index contributed by atoms with van der Waals surface area (Å²) in [6.45, 7) is 0.425. The van der Waals surface area contributed by atoms with Crippen molar-refractivity contribution in [3.05, 3.63) is 78.2 Å². The second-order valence-electron chi connectivity index (χ2n) is 4.86. The summed E-state index contributed by atoms with van der Waals surface area (Å²) in [5, 5.41) is 9.06. The second kappa shape index (κ2) is 6.70. The van der Waals surface area contributed by atoms with Crippen LogP contribution in [0.25, 0.3) is 11.3 Å². The minimum atomic E-state index is -1.09. The van der Waals surface area contributed by atoms with Crippen molar-refractivity contribution in [2.45, 2.75) is 6.61 Å². The first-order valence-corrected chi connectivity index (χ1v) is 7.05. The number of carboxylic acid groups (broad SMARTS) is 1. The number of ether oxygens (including phenoxy) is 1. The summed E-state index contributed by atoms with van der Waals surface area (Å²) in [4.78, 5) is 18.9. The van der Waals surface area contributed by atoms with Crippen LogP contribution in [0.5, 0.6) is 5.75 Å². The van der Waals surface area contributed by atoms with Crippen LogP contribution >= 0.6 is 0 Å². The number of hydrogen-bond acceptors (Lipinski definition) is 4. The van der Waals surface area contributed by atoms with Crippen molar-refractivity contribution < 1.29 is 14.6 Å². The lowest BCUT2D eigenvalue weighted by Gasteiger charge is -2.11. The van der Waals surface area contributed by atoms with Gasteiger partial charge in [0.1, 0.15) is 18.7 Å². The maximum Gasteiger partial charge on any atom is 0.354 e. The Bertz CT molecular complexity index is 819. The van der Waals surface area contributed by atoms with Crippen molar-refractivity contribution in [1.29, 1.82) is 0 Å². The van der Waals surface area contributed by atoms with Gasteiger partial charge in [-0.1, -0.05) is 42.5 Å². The van der Waals surface area contributed by atoms with Crippen LogP contribution < -0.4 is 4.74 Å². The summed E-state index contributed by atoms with van der Waals surface area (Å²) < 4.78 is 5.87. The first-order valence-electron chi connectivity index (χ1n) is 7.05. The molecule has 0 aliphatic carbocycles. The van der Waals surface area contributed by atoms with Gasteiger partial charge in [0.25, 0.3) is 0 Å². The molecule has 0 aliphatic rings. The van der Waals surface area contributed by atoms with Crippen LogP contribution in [0.15, 0.2) is 67.0 Å². The highest BCUT2D eigenvalue weighted by Crippen LogP contribution is 2.29. The molecule has 5 nitrogen and oxygen atoms in total. The lowest BCUT2D eigenvalue weighted by atomic mass is 10.1. The molecule has 0 amide bonds. The second-order valence-corrected chi connectivity index (χ2v) is 4.86. The Labute approximate surface area is 133 Å². The number of para-hydroxylation sites is 1. The molecule has 1 aromatic heterocycles. The van der Waals surface area contributed by atoms with E-state index in [0.717, 1.165) is 11.1 Å². The minimum Gasteiger partial charge on any atom is -0.488 e. The Morgan fingerprint density at radius 1 is 1.00 bits per heavy atom. The zero-order chi connectivity index (χ0) is 16.1. The highest BCUT2D eigenvalue weighted by atomic mass is 16.5. The average Bonchev–Trinajstić information content (AvgIpc) is 2.61. The minimum absolute atomic E-state index is 0.0483. The van der Waals surface area contributed by atoms with Crippen LogP contribution in [0.2, 0.25) is 0 Å². The van der Waals surface area contributed by atoms with Crippen molar-refractivity contribution in [3.63, 3.8) is 0 Å². The van der Waals surface area contributed by atoms with E-state index < -0.39 is 5.97 Å². The van der Waals surface area contributed by atoms with E-state index in [0.29, 0.717) is 18.1 Å². The van der Waals surface area contributed by atoms with Crippen molar-refractivity contribution >= 4 is 5.97 Å². The first-order chi connectivity index (χ1) is 11.2. The van der Waals surface area contributed by atoms with E-state index in [-0.39, 0.29) is 5.69 Å². The fourth-order valence-corrected chi connectivity index (χ4v) is 2.16. The smallest absolute Gasteiger partial charge is 0.354 e. The fraction of sp³-hybridized carbons (Fsp3) is 0.0556. The van der Waals surface area contributed by atoms with Crippen LogP contribution in [0.3, 0.4) is 0 Å².